The highest BCUT2D eigenvalue weighted by molar-refractivity contribution is 6.01. The van der Waals surface area contributed by atoms with Crippen LogP contribution in [-0.2, 0) is 11.3 Å². The Balaban J connectivity index is 1.27. The van der Waals surface area contributed by atoms with E-state index in [-0.39, 0.29) is 57.8 Å². The number of aliphatic hydroxyl groups is 1. The van der Waals surface area contributed by atoms with Crippen molar-refractivity contribution in [3.63, 3.8) is 0 Å². The third kappa shape index (κ3) is 4.86. The summed E-state index contributed by atoms with van der Waals surface area (Å²) >= 11 is 0. The molecule has 0 atom stereocenters. The molecule has 4 aliphatic rings. The molecular weight excluding hydrogens is 592 g/mol. The summed E-state index contributed by atoms with van der Waals surface area (Å²) in [5, 5.41) is 22.2. The molecule has 2 N–H and O–H groups in total. The van der Waals surface area contributed by atoms with Crippen molar-refractivity contribution in [1.29, 1.82) is 0 Å². The monoisotopic (exact) mass is 631 g/mol. The van der Waals surface area contributed by atoms with Crippen LogP contribution in [0.4, 0.5) is 14.6 Å². The number of aliphatic hydroxyl groups excluding tert-OH is 1. The van der Waals surface area contributed by atoms with Crippen molar-refractivity contribution < 1.29 is 28.5 Å². The Morgan fingerprint density at radius 3 is 2.57 bits per heavy atom. The molecule has 0 unspecified atom stereocenters. The van der Waals surface area contributed by atoms with Crippen molar-refractivity contribution in [1.82, 2.24) is 19.9 Å². The van der Waals surface area contributed by atoms with Crippen LogP contribution in [0.1, 0.15) is 56.9 Å². The number of phenolic OH excluding ortho intramolecular Hbond substituents is 1. The third-order valence-corrected chi connectivity index (χ3v) is 10.9. The maximum atomic E-state index is 16.9. The van der Waals surface area contributed by atoms with Crippen LogP contribution in [-0.4, -0.2) is 81.6 Å². The fourth-order valence-corrected chi connectivity index (χ4v) is 8.81. The summed E-state index contributed by atoms with van der Waals surface area (Å²) in [6, 6.07) is 5.90. The second-order valence-corrected chi connectivity index (χ2v) is 13.9. The topological polar surface area (TPSA) is 104 Å². The van der Waals surface area contributed by atoms with Crippen molar-refractivity contribution in [3.8, 4) is 23.0 Å². The first kappa shape index (κ1) is 29.7. The molecule has 5 heterocycles. The number of aromatic nitrogens is 3. The van der Waals surface area contributed by atoms with Crippen LogP contribution in [0.25, 0.3) is 32.9 Å². The van der Waals surface area contributed by atoms with Gasteiger partial charge < -0.3 is 24.6 Å². The first-order valence-corrected chi connectivity index (χ1v) is 16.4. The van der Waals surface area contributed by atoms with E-state index < -0.39 is 11.6 Å². The zero-order valence-electron chi connectivity index (χ0n) is 26.1. The Morgan fingerprint density at radius 2 is 1.80 bits per heavy atom. The number of ether oxygens (including phenoxy) is 2. The second kappa shape index (κ2) is 11.2. The maximum absolute atomic E-state index is 16.9. The fraction of sp³-hybridized carbons (Fsp3) is 0.514. The highest BCUT2D eigenvalue weighted by atomic mass is 19.1. The zero-order valence-corrected chi connectivity index (χ0v) is 26.1. The molecule has 46 heavy (non-hydrogen) atoms. The van der Waals surface area contributed by atoms with E-state index in [0.29, 0.717) is 35.1 Å². The van der Waals surface area contributed by atoms with Gasteiger partial charge in [0.15, 0.2) is 5.82 Å². The van der Waals surface area contributed by atoms with Crippen molar-refractivity contribution in [2.45, 2.75) is 69.6 Å². The van der Waals surface area contributed by atoms with Crippen LogP contribution in [0.3, 0.4) is 0 Å². The lowest BCUT2D eigenvalue weighted by Crippen LogP contribution is -2.52. The second-order valence-electron chi connectivity index (χ2n) is 13.9. The molecule has 3 saturated heterocycles. The van der Waals surface area contributed by atoms with E-state index >= 15 is 8.78 Å². The predicted molar refractivity (Wildman–Crippen MR) is 170 cm³/mol. The van der Waals surface area contributed by atoms with E-state index in [1.165, 1.54) is 25.3 Å². The van der Waals surface area contributed by atoms with Crippen LogP contribution in [0.2, 0.25) is 0 Å². The van der Waals surface area contributed by atoms with Crippen molar-refractivity contribution in [2.75, 3.05) is 44.8 Å². The van der Waals surface area contributed by atoms with Gasteiger partial charge >= 0.3 is 6.01 Å². The lowest BCUT2D eigenvalue weighted by Gasteiger charge is -2.51. The molecule has 8 rings (SSSR count). The highest BCUT2D eigenvalue weighted by Crippen LogP contribution is 2.49. The largest absolute Gasteiger partial charge is 0.508 e. The minimum atomic E-state index is -0.696. The van der Waals surface area contributed by atoms with Crippen LogP contribution in [0, 0.1) is 17.0 Å². The molecule has 11 heteroatoms. The summed E-state index contributed by atoms with van der Waals surface area (Å²) in [5.74, 6) is -0.713. The molecule has 0 amide bonds. The number of hydrogen-bond acceptors (Lipinski definition) is 9. The molecule has 0 radical (unpaired) electrons. The minimum Gasteiger partial charge on any atom is -0.508 e. The highest BCUT2D eigenvalue weighted by Gasteiger charge is 2.47. The first-order valence-electron chi connectivity index (χ1n) is 16.4. The average Bonchev–Trinajstić information content (AvgIpc) is 3.61. The minimum absolute atomic E-state index is 0.0112. The van der Waals surface area contributed by atoms with Crippen LogP contribution in [0.15, 0.2) is 30.5 Å². The number of piperidine rings is 1. The Kier molecular flexibility index (Phi) is 7.26. The molecular formula is C35H39F2N5O4. The molecule has 0 bridgehead atoms. The Hall–Kier alpha value is -3.67. The number of anilines is 1. The maximum Gasteiger partial charge on any atom is 0.319 e. The van der Waals surface area contributed by atoms with E-state index in [1.54, 1.807) is 12.3 Å². The number of nitrogens with zero attached hydrogens (tertiary/aromatic N) is 5. The quantitative estimate of drug-likeness (QED) is 0.265. The van der Waals surface area contributed by atoms with Gasteiger partial charge in [0.1, 0.15) is 35.2 Å². The van der Waals surface area contributed by atoms with Gasteiger partial charge in [0, 0.05) is 37.5 Å². The van der Waals surface area contributed by atoms with Gasteiger partial charge in [0.25, 0.3) is 0 Å². The van der Waals surface area contributed by atoms with Gasteiger partial charge in [0.2, 0.25) is 0 Å². The fourth-order valence-electron chi connectivity index (χ4n) is 8.81. The number of benzene rings is 2. The number of fused-ring (bicyclic) bond motifs is 3. The van der Waals surface area contributed by atoms with Crippen LogP contribution < -0.4 is 9.64 Å². The number of methoxy groups -OCH3 is 1. The summed E-state index contributed by atoms with van der Waals surface area (Å²) < 4.78 is 43.7. The number of rotatable bonds is 7. The van der Waals surface area contributed by atoms with E-state index in [0.717, 1.165) is 71.0 Å². The van der Waals surface area contributed by atoms with Crippen molar-refractivity contribution in [3.05, 3.63) is 47.7 Å². The van der Waals surface area contributed by atoms with Crippen molar-refractivity contribution >= 4 is 27.5 Å². The van der Waals surface area contributed by atoms with Crippen LogP contribution >= 0.6 is 0 Å². The molecule has 4 aromatic rings. The van der Waals surface area contributed by atoms with Gasteiger partial charge in [-0.05, 0) is 98.8 Å². The molecule has 2 aromatic heterocycles. The van der Waals surface area contributed by atoms with Gasteiger partial charge in [-0.25, -0.2) is 8.78 Å². The summed E-state index contributed by atoms with van der Waals surface area (Å²) in [4.78, 5) is 18.8. The van der Waals surface area contributed by atoms with E-state index in [4.69, 9.17) is 14.5 Å². The summed E-state index contributed by atoms with van der Waals surface area (Å²) in [6.45, 7) is 3.95. The van der Waals surface area contributed by atoms with E-state index in [2.05, 4.69) is 19.8 Å². The molecule has 1 aliphatic carbocycles. The number of phenols is 1. The van der Waals surface area contributed by atoms with Crippen LogP contribution in [0.5, 0.6) is 11.8 Å². The van der Waals surface area contributed by atoms with Crippen molar-refractivity contribution in [2.24, 2.45) is 5.41 Å². The van der Waals surface area contributed by atoms with E-state index in [1.807, 2.05) is 0 Å². The molecule has 1 saturated carbocycles. The third-order valence-electron chi connectivity index (χ3n) is 10.9. The standard InChI is InChI=1S/C35H39F2N5O4/c1-45-18-26-27(36)6-5-21-13-22(43)14-24(28(21)26)30-29(37)31-25(17-38-30)32(41-10-2-7-34(19-41)15-23(44)16-34)40-33(39-31)46-20-35-8-3-11-42(35)12-4-9-35/h5-6,13-14,17,23,43-44H,2-4,7-12,15-16,18-20H2,1H3. The van der Waals surface area contributed by atoms with Gasteiger partial charge in [-0.15, -0.1) is 0 Å². The Morgan fingerprint density at radius 1 is 1.02 bits per heavy atom. The molecule has 242 valence electrons. The van der Waals surface area contributed by atoms with Gasteiger partial charge in [-0.2, -0.15) is 9.97 Å². The lowest BCUT2D eigenvalue weighted by molar-refractivity contribution is -0.0396. The summed E-state index contributed by atoms with van der Waals surface area (Å²) in [6.07, 6.45) is 9.11. The molecule has 9 nitrogen and oxygen atoms in total. The van der Waals surface area contributed by atoms with Gasteiger partial charge in [0.05, 0.1) is 23.6 Å². The predicted octanol–water partition coefficient (Wildman–Crippen LogP) is 5.72. The molecule has 3 aliphatic heterocycles. The Labute approximate surface area is 266 Å². The summed E-state index contributed by atoms with van der Waals surface area (Å²) in [5.41, 5.74) is 0.474. The number of hydrogen-bond donors (Lipinski definition) is 2. The SMILES string of the molecule is COCc1c(F)ccc2cc(O)cc(-c3ncc4c(N5CCCC6(CC(O)C6)C5)nc(OCC56CCCN5CCC6)nc4c3F)c12. The molecule has 4 fully saturated rings. The summed E-state index contributed by atoms with van der Waals surface area (Å²) in [7, 11) is 1.47. The number of aromatic hydroxyl groups is 1. The average molecular weight is 632 g/mol. The Bertz CT molecular complexity index is 1820. The number of halogens is 2. The smallest absolute Gasteiger partial charge is 0.319 e. The number of pyridine rings is 1. The van der Waals surface area contributed by atoms with Gasteiger partial charge in [-0.3, -0.25) is 9.88 Å². The molecule has 2 aromatic carbocycles. The van der Waals surface area contributed by atoms with Gasteiger partial charge in [-0.1, -0.05) is 6.07 Å². The van der Waals surface area contributed by atoms with E-state index in [9.17, 15) is 10.2 Å². The zero-order chi connectivity index (χ0) is 31.6. The normalized spacial score (nSPS) is 24.2. The first-order chi connectivity index (χ1) is 22.3. The lowest BCUT2D eigenvalue weighted by atomic mass is 9.62. The molecule has 1 spiro atoms.